The lowest BCUT2D eigenvalue weighted by atomic mass is 9.58. The standard InChI is InChI=1S/C28H31N3O7/c1-30(2)11-12-6-5-7-15-16(12)9-13-8-14-10-17-21(31(3)4)24(34)20(27(29)37)26(36)28(17,38)25(35)19(14)23(33)18(13)22(15)32/h5-7,9,14,17,21,32,34-35,38H,8,10-11H2,1-4H3,(H2,29,37)/t14-,17-,21-,28-/m0/s1. The zero-order valence-electron chi connectivity index (χ0n) is 21.6. The number of amides is 1. The van der Waals surface area contributed by atoms with Crippen LogP contribution in [0.15, 0.2) is 46.9 Å². The zero-order valence-corrected chi connectivity index (χ0v) is 21.6. The summed E-state index contributed by atoms with van der Waals surface area (Å²) in [5, 5.41) is 46.4. The maximum absolute atomic E-state index is 13.8. The number of benzene rings is 2. The van der Waals surface area contributed by atoms with E-state index in [1.54, 1.807) is 26.2 Å². The molecule has 0 saturated carbocycles. The minimum atomic E-state index is -2.64. The van der Waals surface area contributed by atoms with Gasteiger partial charge in [0.25, 0.3) is 5.91 Å². The van der Waals surface area contributed by atoms with Gasteiger partial charge in [0, 0.05) is 23.4 Å². The number of nitrogens with two attached hydrogens (primary N) is 1. The van der Waals surface area contributed by atoms with E-state index in [4.69, 9.17) is 5.73 Å². The molecular weight excluding hydrogens is 490 g/mol. The van der Waals surface area contributed by atoms with Gasteiger partial charge in [-0.1, -0.05) is 18.2 Å². The zero-order chi connectivity index (χ0) is 27.8. The van der Waals surface area contributed by atoms with E-state index in [0.717, 1.165) is 10.9 Å². The molecule has 0 saturated heterocycles. The molecule has 6 N–H and O–H groups in total. The first-order valence-electron chi connectivity index (χ1n) is 12.4. The summed E-state index contributed by atoms with van der Waals surface area (Å²) in [6, 6.07) is 6.32. The normalized spacial score (nSPS) is 27.2. The van der Waals surface area contributed by atoms with E-state index in [0.29, 0.717) is 17.5 Å². The summed E-state index contributed by atoms with van der Waals surface area (Å²) in [4.78, 5) is 42.8. The highest BCUT2D eigenvalue weighted by Gasteiger charge is 2.63. The number of hydrogen-bond donors (Lipinski definition) is 5. The number of ketones is 2. The third-order valence-electron chi connectivity index (χ3n) is 8.15. The number of aliphatic hydroxyl groups is 3. The van der Waals surface area contributed by atoms with Crippen LogP contribution in [0.4, 0.5) is 0 Å². The van der Waals surface area contributed by atoms with Crippen molar-refractivity contribution in [1.82, 2.24) is 9.80 Å². The number of phenolic OH excluding ortho intramolecular Hbond substituents is 1. The number of carbonyl (C=O) groups is 3. The second kappa shape index (κ2) is 8.65. The number of nitrogens with zero attached hydrogens (tertiary/aromatic N) is 2. The number of primary amides is 1. The Morgan fingerprint density at radius 3 is 2.39 bits per heavy atom. The number of carbonyl (C=O) groups excluding carboxylic acids is 3. The number of phenols is 1. The van der Waals surface area contributed by atoms with E-state index in [-0.39, 0.29) is 29.7 Å². The van der Waals surface area contributed by atoms with Crippen molar-refractivity contribution in [2.24, 2.45) is 17.6 Å². The molecule has 10 nitrogen and oxygen atoms in total. The van der Waals surface area contributed by atoms with Crippen molar-refractivity contribution in [2.45, 2.75) is 31.0 Å². The van der Waals surface area contributed by atoms with Gasteiger partial charge in [-0.25, -0.2) is 0 Å². The fraction of sp³-hybridized carbons (Fsp3) is 0.393. The van der Waals surface area contributed by atoms with Crippen LogP contribution in [-0.2, 0) is 22.6 Å². The Bertz CT molecular complexity index is 1490. The van der Waals surface area contributed by atoms with E-state index >= 15 is 0 Å². The predicted molar refractivity (Wildman–Crippen MR) is 139 cm³/mol. The van der Waals surface area contributed by atoms with Crippen LogP contribution in [-0.4, -0.2) is 87.5 Å². The molecule has 5 rings (SSSR count). The minimum Gasteiger partial charge on any atom is -0.510 e. The highest BCUT2D eigenvalue weighted by atomic mass is 16.3. The molecule has 0 aliphatic heterocycles. The molecule has 2 aromatic rings. The largest absolute Gasteiger partial charge is 0.510 e. The number of rotatable bonds is 4. The van der Waals surface area contributed by atoms with Gasteiger partial charge in [0.05, 0.1) is 11.6 Å². The molecule has 3 aliphatic rings. The molecule has 0 fully saturated rings. The van der Waals surface area contributed by atoms with Crippen molar-refractivity contribution in [1.29, 1.82) is 0 Å². The average Bonchev–Trinajstić information content (AvgIpc) is 2.81. The van der Waals surface area contributed by atoms with Crippen LogP contribution in [0.5, 0.6) is 5.75 Å². The molecule has 38 heavy (non-hydrogen) atoms. The first-order valence-corrected chi connectivity index (χ1v) is 12.4. The molecule has 0 unspecified atom stereocenters. The number of fused-ring (bicyclic) bond motifs is 4. The summed E-state index contributed by atoms with van der Waals surface area (Å²) in [7, 11) is 7.07. The van der Waals surface area contributed by atoms with Crippen LogP contribution in [0.25, 0.3) is 10.8 Å². The van der Waals surface area contributed by atoms with Crippen LogP contribution in [0.2, 0.25) is 0 Å². The topological polar surface area (TPSA) is 165 Å². The monoisotopic (exact) mass is 521 g/mol. The molecule has 1 amide bonds. The molecule has 2 aromatic carbocycles. The molecule has 3 aliphatic carbocycles. The highest BCUT2D eigenvalue weighted by Crippen LogP contribution is 2.52. The first-order chi connectivity index (χ1) is 17.8. The maximum atomic E-state index is 13.8. The molecular formula is C28H31N3O7. The summed E-state index contributed by atoms with van der Waals surface area (Å²) in [6.45, 7) is 0.619. The lowest BCUT2D eigenvalue weighted by Crippen LogP contribution is -2.63. The average molecular weight is 522 g/mol. The van der Waals surface area contributed by atoms with Gasteiger partial charge in [0.1, 0.15) is 22.8 Å². The van der Waals surface area contributed by atoms with Crippen LogP contribution >= 0.6 is 0 Å². The van der Waals surface area contributed by atoms with Gasteiger partial charge in [-0.2, -0.15) is 0 Å². The van der Waals surface area contributed by atoms with Crippen molar-refractivity contribution < 1.29 is 34.8 Å². The molecule has 0 aromatic heterocycles. The summed E-state index contributed by atoms with van der Waals surface area (Å²) < 4.78 is 0. The van der Waals surface area contributed by atoms with Crippen molar-refractivity contribution >= 4 is 28.2 Å². The van der Waals surface area contributed by atoms with Gasteiger partial charge in [0.15, 0.2) is 11.4 Å². The van der Waals surface area contributed by atoms with Gasteiger partial charge < -0.3 is 31.1 Å². The SMILES string of the molecule is CN(C)Cc1cccc2c(O)c3c(cc12)C[C@H]1C[C@H]2[C@H](N(C)C)C(O)=C(C(N)=O)C(=O)[C@@]2(O)C(O)=C1C3=O. The van der Waals surface area contributed by atoms with Crippen molar-refractivity contribution in [3.8, 4) is 5.75 Å². The number of allylic oxidation sites excluding steroid dienone is 1. The quantitative estimate of drug-likeness (QED) is 0.373. The van der Waals surface area contributed by atoms with Gasteiger partial charge in [-0.15, -0.1) is 0 Å². The third-order valence-corrected chi connectivity index (χ3v) is 8.15. The Hall–Kier alpha value is -3.73. The van der Waals surface area contributed by atoms with Crippen LogP contribution in [0.3, 0.4) is 0 Å². The van der Waals surface area contributed by atoms with Gasteiger partial charge in [-0.3, -0.25) is 19.3 Å². The Kier molecular flexibility index (Phi) is 5.90. The van der Waals surface area contributed by atoms with E-state index in [1.165, 1.54) is 4.90 Å². The number of aromatic hydroxyl groups is 1. The smallest absolute Gasteiger partial charge is 0.255 e. The molecule has 200 valence electrons. The molecule has 0 spiro atoms. The third kappa shape index (κ3) is 3.40. The lowest BCUT2D eigenvalue weighted by molar-refractivity contribution is -0.148. The van der Waals surface area contributed by atoms with E-state index in [9.17, 15) is 34.8 Å². The van der Waals surface area contributed by atoms with E-state index < -0.39 is 58.0 Å². The summed E-state index contributed by atoms with van der Waals surface area (Å²) in [5.41, 5.74) is 3.32. The van der Waals surface area contributed by atoms with Crippen LogP contribution in [0.1, 0.15) is 27.9 Å². The van der Waals surface area contributed by atoms with Crippen molar-refractivity contribution in [2.75, 3.05) is 28.2 Å². The Morgan fingerprint density at radius 1 is 1.11 bits per heavy atom. The minimum absolute atomic E-state index is 0.0142. The lowest BCUT2D eigenvalue weighted by Gasteiger charge is -2.50. The predicted octanol–water partition coefficient (Wildman–Crippen LogP) is 1.34. The second-order valence-electron chi connectivity index (χ2n) is 11.0. The number of likely N-dealkylation sites (N-methyl/N-ethyl adjacent to an activating group) is 1. The first kappa shape index (κ1) is 25.9. The number of Topliss-reactive ketones (excluding diaryl/α,β-unsaturated/α-hetero) is 2. The molecule has 0 radical (unpaired) electrons. The Morgan fingerprint density at radius 2 is 1.79 bits per heavy atom. The van der Waals surface area contributed by atoms with E-state index in [2.05, 4.69) is 0 Å². The molecule has 4 atom stereocenters. The van der Waals surface area contributed by atoms with Gasteiger partial charge >= 0.3 is 0 Å². The summed E-state index contributed by atoms with van der Waals surface area (Å²) in [5.74, 6) is -6.51. The summed E-state index contributed by atoms with van der Waals surface area (Å²) in [6.07, 6.45) is 0.318. The van der Waals surface area contributed by atoms with Gasteiger partial charge in [-0.05, 0) is 69.5 Å². The molecule has 0 heterocycles. The van der Waals surface area contributed by atoms with Crippen molar-refractivity contribution in [3.63, 3.8) is 0 Å². The van der Waals surface area contributed by atoms with Gasteiger partial charge in [0.2, 0.25) is 5.78 Å². The Balaban J connectivity index is 1.72. The van der Waals surface area contributed by atoms with Crippen LogP contribution < -0.4 is 5.73 Å². The highest BCUT2D eigenvalue weighted by molar-refractivity contribution is 6.25. The van der Waals surface area contributed by atoms with Crippen LogP contribution in [0, 0.1) is 11.8 Å². The maximum Gasteiger partial charge on any atom is 0.255 e. The number of hydrogen-bond acceptors (Lipinski definition) is 9. The fourth-order valence-electron chi connectivity index (χ4n) is 6.58. The van der Waals surface area contributed by atoms with E-state index in [1.807, 2.05) is 31.1 Å². The summed E-state index contributed by atoms with van der Waals surface area (Å²) >= 11 is 0. The fourth-order valence-corrected chi connectivity index (χ4v) is 6.58. The Labute approximate surface area is 219 Å². The second-order valence-corrected chi connectivity index (χ2v) is 11.0. The molecule has 10 heteroatoms. The van der Waals surface area contributed by atoms with Crippen molar-refractivity contribution in [3.05, 3.63) is 63.6 Å². The number of aliphatic hydroxyl groups excluding tert-OH is 2. The molecule has 0 bridgehead atoms.